The molecular formula is C29H29FN6O3. The number of amides is 1. The molecule has 0 bridgehead atoms. The maximum atomic E-state index is 13.7. The Morgan fingerprint density at radius 2 is 2.08 bits per heavy atom. The topological polar surface area (TPSA) is 93.0 Å². The van der Waals surface area contributed by atoms with Crippen molar-refractivity contribution in [2.75, 3.05) is 38.8 Å². The fraction of sp³-hybridized carbons (Fsp3) is 0.345. The zero-order valence-electron chi connectivity index (χ0n) is 21.6. The quantitative estimate of drug-likeness (QED) is 0.376. The van der Waals surface area contributed by atoms with Gasteiger partial charge in [0.25, 0.3) is 5.91 Å². The van der Waals surface area contributed by atoms with Gasteiger partial charge in [0, 0.05) is 43.4 Å². The molecule has 4 aromatic rings. The van der Waals surface area contributed by atoms with Gasteiger partial charge < -0.3 is 20.1 Å². The summed E-state index contributed by atoms with van der Waals surface area (Å²) in [6.07, 6.45) is 4.36. The first-order chi connectivity index (χ1) is 19.0. The monoisotopic (exact) mass is 528 g/mol. The predicted octanol–water partition coefficient (Wildman–Crippen LogP) is 3.86. The minimum atomic E-state index is -0.341. The molecule has 3 aromatic heterocycles. The molecule has 1 atom stereocenters. The lowest BCUT2D eigenvalue weighted by molar-refractivity contribution is -0.0590. The van der Waals surface area contributed by atoms with E-state index in [0.29, 0.717) is 54.4 Å². The fourth-order valence-electron chi connectivity index (χ4n) is 5.69. The van der Waals surface area contributed by atoms with Gasteiger partial charge in [0.15, 0.2) is 0 Å². The third-order valence-corrected chi connectivity index (χ3v) is 8.00. The third-order valence-electron chi connectivity index (χ3n) is 8.00. The molecule has 7 rings (SSSR count). The molecule has 6 heterocycles. The lowest BCUT2D eigenvalue weighted by Gasteiger charge is -2.35. The van der Waals surface area contributed by atoms with Crippen LogP contribution in [0, 0.1) is 5.82 Å². The summed E-state index contributed by atoms with van der Waals surface area (Å²) >= 11 is 0. The first-order valence-corrected chi connectivity index (χ1v) is 13.2. The Bertz CT molecular complexity index is 1580. The number of hydrogen-bond acceptors (Lipinski definition) is 7. The Morgan fingerprint density at radius 1 is 1.18 bits per heavy atom. The largest absolute Gasteiger partial charge is 0.381 e. The summed E-state index contributed by atoms with van der Waals surface area (Å²) < 4.78 is 26.6. The van der Waals surface area contributed by atoms with Crippen molar-refractivity contribution < 1.29 is 18.7 Å². The first-order valence-electron chi connectivity index (χ1n) is 13.2. The fourth-order valence-corrected chi connectivity index (χ4v) is 5.69. The summed E-state index contributed by atoms with van der Waals surface area (Å²) in [5, 5.41) is 6.38. The number of carbonyl (C=O) groups excluding carboxylic acids is 1. The highest BCUT2D eigenvalue weighted by Crippen LogP contribution is 2.36. The van der Waals surface area contributed by atoms with Gasteiger partial charge >= 0.3 is 0 Å². The van der Waals surface area contributed by atoms with E-state index in [-0.39, 0.29) is 11.7 Å². The average molecular weight is 529 g/mol. The molecule has 0 radical (unpaired) electrons. The number of imidazole rings is 1. The Labute approximate surface area is 225 Å². The summed E-state index contributed by atoms with van der Waals surface area (Å²) in [5.41, 5.74) is 6.58. The Balaban J connectivity index is 1.23. The number of aromatic nitrogens is 3. The average Bonchev–Trinajstić information content (AvgIpc) is 3.64. The highest BCUT2D eigenvalue weighted by atomic mass is 19.1. The summed E-state index contributed by atoms with van der Waals surface area (Å²) in [4.78, 5) is 24.7. The van der Waals surface area contributed by atoms with E-state index in [9.17, 15) is 9.18 Å². The van der Waals surface area contributed by atoms with Crippen LogP contribution in [0.5, 0.6) is 0 Å². The highest BCUT2D eigenvalue weighted by Gasteiger charge is 2.29. The number of carbonyl (C=O) groups is 1. The molecule has 0 aliphatic carbocycles. The van der Waals surface area contributed by atoms with Crippen molar-refractivity contribution in [2.24, 2.45) is 0 Å². The molecule has 2 fully saturated rings. The highest BCUT2D eigenvalue weighted by molar-refractivity contribution is 6.06. The van der Waals surface area contributed by atoms with Gasteiger partial charge in [-0.3, -0.25) is 14.1 Å². The maximum Gasteiger partial charge on any atom is 0.254 e. The van der Waals surface area contributed by atoms with Crippen LogP contribution in [0.2, 0.25) is 0 Å². The molecule has 2 N–H and O–H groups in total. The molecule has 0 unspecified atom stereocenters. The third kappa shape index (κ3) is 4.34. The van der Waals surface area contributed by atoms with E-state index >= 15 is 0 Å². The number of halogens is 1. The van der Waals surface area contributed by atoms with E-state index in [4.69, 9.17) is 14.5 Å². The van der Waals surface area contributed by atoms with Crippen LogP contribution in [0.1, 0.15) is 39.5 Å². The van der Waals surface area contributed by atoms with E-state index in [0.717, 1.165) is 48.8 Å². The number of pyridine rings is 2. The summed E-state index contributed by atoms with van der Waals surface area (Å²) in [6, 6.07) is 11.2. The molecule has 1 amide bonds. The van der Waals surface area contributed by atoms with Crippen LogP contribution in [-0.4, -0.2) is 64.7 Å². The number of rotatable bonds is 7. The second-order valence-electron chi connectivity index (χ2n) is 10.4. The van der Waals surface area contributed by atoms with Gasteiger partial charge in [-0.2, -0.15) is 0 Å². The van der Waals surface area contributed by atoms with Gasteiger partial charge in [-0.05, 0) is 42.8 Å². The van der Waals surface area contributed by atoms with Crippen LogP contribution in [0.4, 0.5) is 15.9 Å². The number of fused-ring (bicyclic) bond motifs is 2. The van der Waals surface area contributed by atoms with Crippen molar-refractivity contribution in [3.8, 4) is 11.3 Å². The molecule has 2 saturated heterocycles. The summed E-state index contributed by atoms with van der Waals surface area (Å²) in [5.74, 6) is 0.539. The normalized spacial score (nSPS) is 18.9. The molecule has 0 saturated carbocycles. The van der Waals surface area contributed by atoms with Crippen LogP contribution >= 0.6 is 0 Å². The van der Waals surface area contributed by atoms with Crippen LogP contribution in [0.25, 0.3) is 16.9 Å². The van der Waals surface area contributed by atoms with E-state index < -0.39 is 0 Å². The van der Waals surface area contributed by atoms with Gasteiger partial charge in [0.05, 0.1) is 54.7 Å². The minimum absolute atomic E-state index is 0.140. The van der Waals surface area contributed by atoms with Crippen LogP contribution < -0.4 is 10.6 Å². The molecule has 39 heavy (non-hydrogen) atoms. The number of anilines is 2. The SMILES string of the molecule is CN(Cc1nc(Nc2ccc(-c3cnc4cc(F)ccn34)c3c2C(=O)NC3)ccc1[C@@H]1CCOC1)C1COC1. The van der Waals surface area contributed by atoms with Gasteiger partial charge in [0.1, 0.15) is 17.3 Å². The van der Waals surface area contributed by atoms with Gasteiger partial charge in [-0.25, -0.2) is 14.4 Å². The molecule has 9 nitrogen and oxygen atoms in total. The molecule has 1 aromatic carbocycles. The predicted molar refractivity (Wildman–Crippen MR) is 144 cm³/mol. The first kappa shape index (κ1) is 24.2. The van der Waals surface area contributed by atoms with Crippen molar-refractivity contribution >= 4 is 23.1 Å². The number of nitrogens with zero attached hydrogens (tertiary/aromatic N) is 4. The van der Waals surface area contributed by atoms with Crippen molar-refractivity contribution in [2.45, 2.75) is 31.5 Å². The number of likely N-dealkylation sites (N-methyl/N-ethyl adjacent to an activating group) is 1. The van der Waals surface area contributed by atoms with Crippen LogP contribution in [-0.2, 0) is 22.6 Å². The smallest absolute Gasteiger partial charge is 0.254 e. The van der Waals surface area contributed by atoms with E-state index in [1.54, 1.807) is 12.4 Å². The molecule has 200 valence electrons. The zero-order valence-corrected chi connectivity index (χ0v) is 21.6. The minimum Gasteiger partial charge on any atom is -0.381 e. The Kier molecular flexibility index (Phi) is 6.03. The standard InChI is InChI=1S/C29H29FN6O3/c1-35(19-15-39-16-19)13-24-20(17-7-9-38-14-17)3-5-26(34-24)33-23-4-2-21(22-11-32-29(37)28(22)23)25-12-31-27-10-18(30)6-8-36(25)27/h2-6,8,10,12,17,19H,7,9,11,13-16H2,1H3,(H,32,37)(H,33,34)/t17-/m1/s1. The zero-order chi connectivity index (χ0) is 26.5. The van der Waals surface area contributed by atoms with Crippen LogP contribution in [0.3, 0.4) is 0 Å². The number of nitrogens with one attached hydrogen (secondary N) is 2. The van der Waals surface area contributed by atoms with Crippen molar-refractivity contribution in [1.82, 2.24) is 24.6 Å². The van der Waals surface area contributed by atoms with E-state index in [2.05, 4.69) is 33.6 Å². The number of hydrogen-bond donors (Lipinski definition) is 2. The molecular weight excluding hydrogens is 499 g/mol. The van der Waals surface area contributed by atoms with Crippen LogP contribution in [0.15, 0.2) is 48.8 Å². The van der Waals surface area contributed by atoms with Crippen molar-refractivity contribution in [3.63, 3.8) is 0 Å². The molecule has 0 spiro atoms. The maximum absolute atomic E-state index is 13.7. The molecule has 10 heteroatoms. The van der Waals surface area contributed by atoms with Gasteiger partial charge in [0.2, 0.25) is 0 Å². The second-order valence-corrected chi connectivity index (χ2v) is 10.4. The lowest BCUT2D eigenvalue weighted by atomic mass is 9.96. The summed E-state index contributed by atoms with van der Waals surface area (Å²) in [7, 11) is 2.11. The molecule has 3 aliphatic rings. The van der Waals surface area contributed by atoms with E-state index in [1.165, 1.54) is 17.7 Å². The molecule has 3 aliphatic heterocycles. The number of ether oxygens (including phenoxy) is 2. The van der Waals surface area contributed by atoms with Crippen molar-refractivity contribution in [1.29, 1.82) is 0 Å². The Morgan fingerprint density at radius 3 is 2.87 bits per heavy atom. The lowest BCUT2D eigenvalue weighted by Crippen LogP contribution is -2.46. The summed E-state index contributed by atoms with van der Waals surface area (Å²) in [6.45, 7) is 4.08. The van der Waals surface area contributed by atoms with Crippen molar-refractivity contribution in [3.05, 3.63) is 77.0 Å². The van der Waals surface area contributed by atoms with Gasteiger partial charge in [-0.1, -0.05) is 12.1 Å². The number of benzene rings is 1. The second kappa shape index (κ2) is 9.71. The van der Waals surface area contributed by atoms with E-state index in [1.807, 2.05) is 22.6 Å². The Hall–Kier alpha value is -3.86. The van der Waals surface area contributed by atoms with Gasteiger partial charge in [-0.15, -0.1) is 0 Å².